The van der Waals surface area contributed by atoms with Gasteiger partial charge in [0.25, 0.3) is 0 Å². The molecule has 0 radical (unpaired) electrons. The van der Waals surface area contributed by atoms with Gasteiger partial charge in [-0.05, 0) is 75.9 Å². The summed E-state index contributed by atoms with van der Waals surface area (Å²) in [5.41, 5.74) is 2.58. The molecule has 0 atom stereocenters. The summed E-state index contributed by atoms with van der Waals surface area (Å²) in [6, 6.07) is 24.2. The van der Waals surface area contributed by atoms with Crippen LogP contribution in [0.25, 0.3) is 32.3 Å². The van der Waals surface area contributed by atoms with Crippen molar-refractivity contribution in [2.45, 2.75) is 25.7 Å². The molecule has 5 aromatic rings. The number of rotatable bonds is 0. The Morgan fingerprint density at radius 1 is 0.690 bits per heavy atom. The van der Waals surface area contributed by atoms with E-state index in [1.807, 2.05) is 48.8 Å². The third kappa shape index (κ3) is 3.36. The van der Waals surface area contributed by atoms with Crippen LogP contribution in [0.1, 0.15) is 24.0 Å². The number of nitrogens with zero attached hydrogens (tertiary/aromatic N) is 1. The monoisotopic (exact) mass is 379 g/mol. The molecule has 0 aliphatic heterocycles. The lowest BCUT2D eigenvalue weighted by atomic mass is 9.86. The first-order chi connectivity index (χ1) is 14.3. The number of pyridine rings is 1. The summed E-state index contributed by atoms with van der Waals surface area (Å²) in [6.45, 7) is 0. The van der Waals surface area contributed by atoms with Crippen LogP contribution < -0.4 is 0 Å². The van der Waals surface area contributed by atoms with Crippen LogP contribution in [0.2, 0.25) is 0 Å². The van der Waals surface area contributed by atoms with E-state index in [1.54, 1.807) is 6.07 Å². The highest BCUT2D eigenvalue weighted by molar-refractivity contribution is 6.09. The molecule has 0 spiro atoms. The maximum Gasteiger partial charge on any atom is 0.131 e. The van der Waals surface area contributed by atoms with Crippen LogP contribution in [0.4, 0.5) is 4.39 Å². The number of aromatic nitrogens is 1. The highest BCUT2D eigenvalue weighted by atomic mass is 19.1. The molecule has 1 aliphatic carbocycles. The van der Waals surface area contributed by atoms with Gasteiger partial charge in [-0.25, -0.2) is 4.39 Å². The largest absolute Gasteiger partial charge is 0.264 e. The number of hydrogen-bond donors (Lipinski definition) is 0. The van der Waals surface area contributed by atoms with Gasteiger partial charge >= 0.3 is 0 Å². The van der Waals surface area contributed by atoms with Crippen molar-refractivity contribution in [1.29, 1.82) is 0 Å². The minimum Gasteiger partial charge on any atom is -0.264 e. The zero-order chi connectivity index (χ0) is 19.6. The number of halogens is 1. The van der Waals surface area contributed by atoms with Gasteiger partial charge in [-0.3, -0.25) is 4.98 Å². The average Bonchev–Trinajstić information content (AvgIpc) is 2.79. The second-order valence-electron chi connectivity index (χ2n) is 7.64. The topological polar surface area (TPSA) is 12.9 Å². The molecular formula is C27H22FN. The number of aryl methyl sites for hydroxylation is 2. The molecule has 29 heavy (non-hydrogen) atoms. The number of fused-ring (bicyclic) bond motifs is 6. The molecule has 0 N–H and O–H groups in total. The van der Waals surface area contributed by atoms with Crippen LogP contribution in [-0.4, -0.2) is 4.98 Å². The minimum atomic E-state index is -0.0625. The Morgan fingerprint density at radius 2 is 1.45 bits per heavy atom. The van der Waals surface area contributed by atoms with Gasteiger partial charge in [0.05, 0.1) is 0 Å². The Labute approximate surface area is 169 Å². The van der Waals surface area contributed by atoms with E-state index in [4.69, 9.17) is 0 Å². The average molecular weight is 379 g/mol. The minimum absolute atomic E-state index is 0.0625. The molecule has 0 saturated carbocycles. The van der Waals surface area contributed by atoms with E-state index in [-0.39, 0.29) is 5.82 Å². The zero-order valence-corrected chi connectivity index (χ0v) is 16.2. The smallest absolute Gasteiger partial charge is 0.131 e. The van der Waals surface area contributed by atoms with Gasteiger partial charge in [0.2, 0.25) is 0 Å². The lowest BCUT2D eigenvalue weighted by molar-refractivity contribution is 0.635. The van der Waals surface area contributed by atoms with Crippen LogP contribution in [0, 0.1) is 5.82 Å². The van der Waals surface area contributed by atoms with Gasteiger partial charge in [-0.1, -0.05) is 60.7 Å². The SMILES string of the molecule is Fc1cc2ccccc2c2ccc3c(c12)CCCC3.c1ccc2cnccc2c1. The predicted octanol–water partition coefficient (Wildman–Crippen LogP) is 7.25. The van der Waals surface area contributed by atoms with Crippen molar-refractivity contribution in [3.8, 4) is 0 Å². The molecule has 0 fully saturated rings. The Morgan fingerprint density at radius 3 is 2.31 bits per heavy atom. The summed E-state index contributed by atoms with van der Waals surface area (Å²) in [5, 5.41) is 6.52. The number of hydrogen-bond acceptors (Lipinski definition) is 1. The molecule has 0 saturated heterocycles. The van der Waals surface area contributed by atoms with Gasteiger partial charge in [-0.2, -0.15) is 0 Å². The van der Waals surface area contributed by atoms with Gasteiger partial charge in [-0.15, -0.1) is 0 Å². The van der Waals surface area contributed by atoms with E-state index >= 15 is 0 Å². The molecule has 1 aromatic heterocycles. The van der Waals surface area contributed by atoms with Crippen LogP contribution in [0.5, 0.6) is 0 Å². The van der Waals surface area contributed by atoms with Crippen LogP contribution in [-0.2, 0) is 12.8 Å². The second-order valence-corrected chi connectivity index (χ2v) is 7.64. The van der Waals surface area contributed by atoms with Crippen LogP contribution in [0.3, 0.4) is 0 Å². The molecule has 0 unspecified atom stereocenters. The summed E-state index contributed by atoms with van der Waals surface area (Å²) in [6.07, 6.45) is 8.20. The number of benzene rings is 4. The summed E-state index contributed by atoms with van der Waals surface area (Å²) in [7, 11) is 0. The molecule has 142 valence electrons. The molecule has 4 aromatic carbocycles. The zero-order valence-electron chi connectivity index (χ0n) is 16.2. The molecule has 1 aliphatic rings. The van der Waals surface area contributed by atoms with Crippen molar-refractivity contribution in [2.24, 2.45) is 0 Å². The van der Waals surface area contributed by atoms with Gasteiger partial charge in [0.1, 0.15) is 5.82 Å². The van der Waals surface area contributed by atoms with Gasteiger partial charge < -0.3 is 0 Å². The maximum absolute atomic E-state index is 14.5. The van der Waals surface area contributed by atoms with Gasteiger partial charge in [0, 0.05) is 17.8 Å². The van der Waals surface area contributed by atoms with Crippen molar-refractivity contribution < 1.29 is 4.39 Å². The first-order valence-corrected chi connectivity index (χ1v) is 10.2. The maximum atomic E-state index is 14.5. The lowest BCUT2D eigenvalue weighted by Crippen LogP contribution is -2.04. The third-order valence-corrected chi connectivity index (χ3v) is 5.85. The summed E-state index contributed by atoms with van der Waals surface area (Å²) >= 11 is 0. The molecule has 1 nitrogen and oxygen atoms in total. The fourth-order valence-corrected chi connectivity index (χ4v) is 4.43. The Hall–Kier alpha value is -3.26. The van der Waals surface area contributed by atoms with Crippen molar-refractivity contribution in [2.75, 3.05) is 0 Å². The van der Waals surface area contributed by atoms with Crippen molar-refractivity contribution >= 4 is 32.3 Å². The van der Waals surface area contributed by atoms with Crippen molar-refractivity contribution in [3.63, 3.8) is 0 Å². The van der Waals surface area contributed by atoms with E-state index in [1.165, 1.54) is 34.7 Å². The van der Waals surface area contributed by atoms with E-state index in [9.17, 15) is 4.39 Å². The van der Waals surface area contributed by atoms with E-state index in [0.717, 1.165) is 34.4 Å². The second kappa shape index (κ2) is 7.63. The summed E-state index contributed by atoms with van der Waals surface area (Å²) in [5.74, 6) is -0.0625. The van der Waals surface area contributed by atoms with E-state index < -0.39 is 0 Å². The van der Waals surface area contributed by atoms with Crippen molar-refractivity contribution in [1.82, 2.24) is 4.98 Å². The first-order valence-electron chi connectivity index (χ1n) is 10.2. The standard InChI is InChI=1S/C18H15F.C9H7N/c19-17-11-13-6-2-3-7-14(13)16-10-9-12-5-1-4-8-15(12)18(16)17;1-2-4-9-7-10-6-5-8(9)3-1/h2-3,6-7,9-11H,1,4-5,8H2;1-7H. The first kappa shape index (κ1) is 17.8. The van der Waals surface area contributed by atoms with Gasteiger partial charge in [0.15, 0.2) is 0 Å². The quantitative estimate of drug-likeness (QED) is 0.258. The Kier molecular flexibility index (Phi) is 4.69. The van der Waals surface area contributed by atoms with E-state index in [2.05, 4.69) is 35.3 Å². The normalized spacial score (nSPS) is 13.1. The molecule has 0 bridgehead atoms. The summed E-state index contributed by atoms with van der Waals surface area (Å²) < 4.78 is 14.5. The molecular weight excluding hydrogens is 357 g/mol. The molecule has 1 heterocycles. The lowest BCUT2D eigenvalue weighted by Gasteiger charge is -2.19. The Bertz CT molecular complexity index is 1260. The Balaban J connectivity index is 0.000000153. The van der Waals surface area contributed by atoms with E-state index in [0.29, 0.717) is 0 Å². The molecule has 0 amide bonds. The van der Waals surface area contributed by atoms with Crippen LogP contribution in [0.15, 0.2) is 85.2 Å². The third-order valence-electron chi connectivity index (χ3n) is 5.85. The molecule has 6 rings (SSSR count). The fourth-order valence-electron chi connectivity index (χ4n) is 4.43. The highest BCUT2D eigenvalue weighted by Gasteiger charge is 2.16. The summed E-state index contributed by atoms with van der Waals surface area (Å²) in [4.78, 5) is 4.01. The molecule has 2 heteroatoms. The predicted molar refractivity (Wildman–Crippen MR) is 120 cm³/mol. The van der Waals surface area contributed by atoms with Crippen molar-refractivity contribution in [3.05, 3.63) is 102 Å². The highest BCUT2D eigenvalue weighted by Crippen LogP contribution is 2.35. The van der Waals surface area contributed by atoms with Crippen LogP contribution >= 0.6 is 0 Å². The fraction of sp³-hybridized carbons (Fsp3) is 0.148.